The molecule has 0 spiro atoms. The van der Waals surface area contributed by atoms with Crippen LogP contribution in [0.5, 0.6) is 5.75 Å². The molecule has 0 aliphatic carbocycles. The topological polar surface area (TPSA) is 90.8 Å². The van der Waals surface area contributed by atoms with E-state index in [2.05, 4.69) is 20.2 Å². The van der Waals surface area contributed by atoms with Gasteiger partial charge in [-0.15, -0.1) is 0 Å². The molecule has 2 aromatic rings. The molecule has 2 saturated heterocycles. The fraction of sp³-hybridized carbons (Fsp3) is 0.500. The number of nitrogens with one attached hydrogen (secondary N) is 1. The first-order valence-electron chi connectivity index (χ1n) is 10.5. The first kappa shape index (κ1) is 20.6. The van der Waals surface area contributed by atoms with Crippen molar-refractivity contribution in [3.63, 3.8) is 0 Å². The van der Waals surface area contributed by atoms with Crippen LogP contribution < -0.4 is 15.0 Å². The molecule has 0 unspecified atom stereocenters. The lowest BCUT2D eigenvalue weighted by Gasteiger charge is -2.24. The van der Waals surface area contributed by atoms with Crippen LogP contribution in [0.1, 0.15) is 24.8 Å². The van der Waals surface area contributed by atoms with Gasteiger partial charge in [-0.05, 0) is 50.0 Å². The van der Waals surface area contributed by atoms with Gasteiger partial charge in [0.15, 0.2) is 6.61 Å². The molecular formula is C22H29N5O3. The van der Waals surface area contributed by atoms with Crippen molar-refractivity contribution in [2.24, 2.45) is 0 Å². The molecule has 8 heteroatoms. The SMILES string of the molecule is O=C(COc1ccc(CN2CCCC2)cc1)NC[C@]1(O)CCN(c2cnccn2)C1. The highest BCUT2D eigenvalue weighted by molar-refractivity contribution is 5.77. The van der Waals surface area contributed by atoms with Gasteiger partial charge < -0.3 is 20.1 Å². The number of benzene rings is 1. The number of anilines is 1. The summed E-state index contributed by atoms with van der Waals surface area (Å²) in [6.45, 7) is 4.49. The zero-order chi connectivity index (χ0) is 20.8. The van der Waals surface area contributed by atoms with Crippen molar-refractivity contribution in [1.82, 2.24) is 20.2 Å². The second-order valence-electron chi connectivity index (χ2n) is 8.15. The van der Waals surface area contributed by atoms with Crippen LogP contribution in [0.2, 0.25) is 0 Å². The van der Waals surface area contributed by atoms with Gasteiger partial charge in [-0.3, -0.25) is 14.7 Å². The Kier molecular flexibility index (Phi) is 6.44. The zero-order valence-corrected chi connectivity index (χ0v) is 17.2. The summed E-state index contributed by atoms with van der Waals surface area (Å²) in [5, 5.41) is 13.5. The molecule has 1 amide bonds. The summed E-state index contributed by atoms with van der Waals surface area (Å²) in [5.41, 5.74) is 0.273. The molecule has 160 valence electrons. The number of likely N-dealkylation sites (tertiary alicyclic amines) is 1. The average molecular weight is 412 g/mol. The maximum atomic E-state index is 12.2. The Morgan fingerprint density at radius 2 is 1.97 bits per heavy atom. The van der Waals surface area contributed by atoms with Crippen molar-refractivity contribution < 1.29 is 14.6 Å². The normalized spacial score (nSPS) is 21.7. The number of nitrogens with zero attached hydrogens (tertiary/aromatic N) is 4. The quantitative estimate of drug-likeness (QED) is 0.675. The first-order chi connectivity index (χ1) is 14.6. The molecule has 2 N–H and O–H groups in total. The van der Waals surface area contributed by atoms with Crippen LogP contribution in [0.25, 0.3) is 0 Å². The Hall–Kier alpha value is -2.71. The number of hydrogen-bond donors (Lipinski definition) is 2. The second kappa shape index (κ2) is 9.40. The molecule has 8 nitrogen and oxygen atoms in total. The summed E-state index contributed by atoms with van der Waals surface area (Å²) in [7, 11) is 0. The predicted molar refractivity (Wildman–Crippen MR) is 113 cm³/mol. The maximum absolute atomic E-state index is 12.2. The number of rotatable bonds is 8. The van der Waals surface area contributed by atoms with Crippen LogP contribution in [-0.2, 0) is 11.3 Å². The van der Waals surface area contributed by atoms with Crippen molar-refractivity contribution in [1.29, 1.82) is 0 Å². The van der Waals surface area contributed by atoms with E-state index >= 15 is 0 Å². The van der Waals surface area contributed by atoms with Crippen molar-refractivity contribution in [3.8, 4) is 5.75 Å². The van der Waals surface area contributed by atoms with E-state index in [0.717, 1.165) is 12.4 Å². The molecule has 0 radical (unpaired) electrons. The van der Waals surface area contributed by atoms with E-state index in [9.17, 15) is 9.90 Å². The van der Waals surface area contributed by atoms with Crippen LogP contribution in [0, 0.1) is 0 Å². The molecule has 0 saturated carbocycles. The van der Waals surface area contributed by atoms with E-state index in [0.29, 0.717) is 25.3 Å². The molecule has 1 aromatic carbocycles. The summed E-state index contributed by atoms with van der Waals surface area (Å²) in [5.74, 6) is 1.16. The van der Waals surface area contributed by atoms with Crippen LogP contribution >= 0.6 is 0 Å². The highest BCUT2D eigenvalue weighted by Crippen LogP contribution is 2.24. The van der Waals surface area contributed by atoms with E-state index in [4.69, 9.17) is 4.74 Å². The Morgan fingerprint density at radius 1 is 1.17 bits per heavy atom. The van der Waals surface area contributed by atoms with Gasteiger partial charge in [-0.2, -0.15) is 0 Å². The van der Waals surface area contributed by atoms with Gasteiger partial charge in [0.2, 0.25) is 0 Å². The third kappa shape index (κ3) is 5.46. The number of aliphatic hydroxyl groups is 1. The minimum atomic E-state index is -0.982. The molecule has 3 heterocycles. The molecule has 1 aromatic heterocycles. The minimum absolute atomic E-state index is 0.0740. The molecule has 2 aliphatic heterocycles. The lowest BCUT2D eigenvalue weighted by molar-refractivity contribution is -0.124. The third-order valence-electron chi connectivity index (χ3n) is 5.72. The number of hydrogen-bond acceptors (Lipinski definition) is 7. The summed E-state index contributed by atoms with van der Waals surface area (Å²) >= 11 is 0. The van der Waals surface area contributed by atoms with Gasteiger partial charge in [0.1, 0.15) is 17.2 Å². The van der Waals surface area contributed by atoms with Gasteiger partial charge >= 0.3 is 0 Å². The van der Waals surface area contributed by atoms with E-state index < -0.39 is 5.60 Å². The smallest absolute Gasteiger partial charge is 0.258 e. The number of carbonyl (C=O) groups is 1. The summed E-state index contributed by atoms with van der Waals surface area (Å²) in [4.78, 5) is 24.9. The second-order valence-corrected chi connectivity index (χ2v) is 8.15. The monoisotopic (exact) mass is 411 g/mol. The van der Waals surface area contributed by atoms with Gasteiger partial charge in [-0.1, -0.05) is 12.1 Å². The fourth-order valence-electron chi connectivity index (χ4n) is 4.00. The zero-order valence-electron chi connectivity index (χ0n) is 17.2. The van der Waals surface area contributed by atoms with Crippen LogP contribution in [0.4, 0.5) is 5.82 Å². The Balaban J connectivity index is 1.18. The number of ether oxygens (including phenoxy) is 1. The Bertz CT molecular complexity index is 826. The molecular weight excluding hydrogens is 382 g/mol. The van der Waals surface area contributed by atoms with Crippen molar-refractivity contribution in [2.45, 2.75) is 31.4 Å². The number of amides is 1. The van der Waals surface area contributed by atoms with E-state index in [1.807, 2.05) is 29.2 Å². The van der Waals surface area contributed by atoms with Crippen molar-refractivity contribution in [2.75, 3.05) is 44.2 Å². The standard InChI is InChI=1S/C22H29N5O3/c28-21(15-30-19-5-3-18(4-6-19)14-26-10-1-2-11-26)25-16-22(29)7-12-27(17-22)20-13-23-8-9-24-20/h3-6,8-9,13,29H,1-2,7,10-12,14-17H2,(H,25,28)/t22-/m1/s1. The van der Waals surface area contributed by atoms with Gasteiger partial charge in [0.05, 0.1) is 6.20 Å². The highest BCUT2D eigenvalue weighted by atomic mass is 16.5. The maximum Gasteiger partial charge on any atom is 0.258 e. The summed E-state index contributed by atoms with van der Waals surface area (Å²) in [6.07, 6.45) is 8.04. The summed E-state index contributed by atoms with van der Waals surface area (Å²) in [6, 6.07) is 7.91. The molecule has 4 rings (SSSR count). The number of aromatic nitrogens is 2. The molecule has 2 aliphatic rings. The van der Waals surface area contributed by atoms with Gasteiger partial charge in [0, 0.05) is 38.6 Å². The first-order valence-corrected chi connectivity index (χ1v) is 10.5. The fourth-order valence-corrected chi connectivity index (χ4v) is 4.00. The van der Waals surface area contributed by atoms with E-state index in [1.54, 1.807) is 18.6 Å². The van der Waals surface area contributed by atoms with Crippen LogP contribution in [0.15, 0.2) is 42.9 Å². The van der Waals surface area contributed by atoms with E-state index in [1.165, 1.54) is 31.5 Å². The van der Waals surface area contributed by atoms with Crippen LogP contribution in [-0.4, -0.2) is 70.8 Å². The number of carbonyl (C=O) groups excluding carboxylic acids is 1. The third-order valence-corrected chi connectivity index (χ3v) is 5.72. The summed E-state index contributed by atoms with van der Waals surface area (Å²) < 4.78 is 5.60. The predicted octanol–water partition coefficient (Wildman–Crippen LogP) is 1.21. The molecule has 0 bridgehead atoms. The lowest BCUT2D eigenvalue weighted by atomic mass is 10.0. The van der Waals surface area contributed by atoms with Gasteiger partial charge in [-0.25, -0.2) is 4.98 Å². The highest BCUT2D eigenvalue weighted by Gasteiger charge is 2.37. The van der Waals surface area contributed by atoms with Gasteiger partial charge in [0.25, 0.3) is 5.91 Å². The molecule has 30 heavy (non-hydrogen) atoms. The number of β-amino-alcohol motifs (C(OH)–C–C–N with tert-alkyl or cyclic N) is 1. The lowest BCUT2D eigenvalue weighted by Crippen LogP contribution is -2.46. The van der Waals surface area contributed by atoms with Crippen molar-refractivity contribution in [3.05, 3.63) is 48.4 Å². The average Bonchev–Trinajstić information content (AvgIpc) is 3.43. The molecule has 1 atom stereocenters. The molecule has 2 fully saturated rings. The Morgan fingerprint density at radius 3 is 2.70 bits per heavy atom. The Labute approximate surface area is 176 Å². The van der Waals surface area contributed by atoms with Crippen molar-refractivity contribution >= 4 is 11.7 Å². The van der Waals surface area contributed by atoms with Crippen LogP contribution in [0.3, 0.4) is 0 Å². The largest absolute Gasteiger partial charge is 0.484 e. The van der Waals surface area contributed by atoms with E-state index in [-0.39, 0.29) is 19.1 Å². The minimum Gasteiger partial charge on any atom is -0.484 e.